The molecule has 0 radical (unpaired) electrons. The van der Waals surface area contributed by atoms with Crippen molar-refractivity contribution >= 4 is 27.7 Å². The number of nitrogens with two attached hydrogens (primary N) is 1. The van der Waals surface area contributed by atoms with Crippen molar-refractivity contribution in [1.29, 1.82) is 0 Å². The fourth-order valence-electron chi connectivity index (χ4n) is 2.52. The first-order valence-electron chi connectivity index (χ1n) is 6.59. The summed E-state index contributed by atoms with van der Waals surface area (Å²) in [4.78, 5) is 20.8. The number of carbonyl (C=O) groups excluding carboxylic acids is 1. The van der Waals surface area contributed by atoms with E-state index in [-0.39, 0.29) is 5.91 Å². The van der Waals surface area contributed by atoms with Gasteiger partial charge < -0.3 is 10.6 Å². The number of carbonyl (C=O) groups is 1. The minimum absolute atomic E-state index is 0.0123. The van der Waals surface area contributed by atoms with Gasteiger partial charge in [0, 0.05) is 42.9 Å². The van der Waals surface area contributed by atoms with Crippen LogP contribution in [0.5, 0.6) is 0 Å². The smallest absolute Gasteiger partial charge is 0.257 e. The quantitative estimate of drug-likeness (QED) is 0.891. The predicted molar refractivity (Wildman–Crippen MR) is 76.8 cm³/mol. The van der Waals surface area contributed by atoms with Gasteiger partial charge in [0.05, 0.1) is 5.56 Å². The van der Waals surface area contributed by atoms with Crippen LogP contribution in [-0.2, 0) is 0 Å². The molecule has 0 unspecified atom stereocenters. The molecule has 6 heteroatoms. The highest BCUT2D eigenvalue weighted by molar-refractivity contribution is 9.10. The molecule has 1 saturated carbocycles. The second kappa shape index (κ2) is 5.09. The van der Waals surface area contributed by atoms with E-state index in [1.165, 1.54) is 12.8 Å². The van der Waals surface area contributed by atoms with Crippen LogP contribution in [0.1, 0.15) is 23.2 Å². The lowest BCUT2D eigenvalue weighted by Crippen LogP contribution is -2.49. The van der Waals surface area contributed by atoms with Gasteiger partial charge in [-0.2, -0.15) is 0 Å². The summed E-state index contributed by atoms with van der Waals surface area (Å²) in [5, 5.41) is 0. The lowest BCUT2D eigenvalue weighted by atomic mass is 10.2. The second-order valence-corrected chi connectivity index (χ2v) is 6.06. The number of nitrogen functional groups attached to an aromatic ring is 1. The first-order chi connectivity index (χ1) is 9.15. The molecule has 5 nitrogen and oxygen atoms in total. The summed E-state index contributed by atoms with van der Waals surface area (Å²) < 4.78 is 0.779. The first kappa shape index (κ1) is 12.9. The van der Waals surface area contributed by atoms with Gasteiger partial charge in [0.1, 0.15) is 5.82 Å². The Morgan fingerprint density at radius 3 is 2.63 bits per heavy atom. The highest BCUT2D eigenvalue weighted by Crippen LogP contribution is 2.28. The van der Waals surface area contributed by atoms with E-state index in [1.807, 2.05) is 4.90 Å². The van der Waals surface area contributed by atoms with Crippen LogP contribution in [0.3, 0.4) is 0 Å². The number of pyridine rings is 1. The minimum Gasteiger partial charge on any atom is -0.383 e. The number of amides is 1. The minimum atomic E-state index is -0.0123. The van der Waals surface area contributed by atoms with Gasteiger partial charge in [-0.3, -0.25) is 9.69 Å². The average molecular weight is 325 g/mol. The van der Waals surface area contributed by atoms with Gasteiger partial charge in [0.25, 0.3) is 5.91 Å². The molecule has 19 heavy (non-hydrogen) atoms. The third kappa shape index (κ3) is 2.74. The second-order valence-electron chi connectivity index (χ2n) is 5.15. The molecule has 0 bridgehead atoms. The van der Waals surface area contributed by atoms with Crippen LogP contribution in [0.25, 0.3) is 0 Å². The predicted octanol–water partition coefficient (Wildman–Crippen LogP) is 1.35. The third-order valence-electron chi connectivity index (χ3n) is 3.78. The molecule has 2 fully saturated rings. The lowest BCUT2D eigenvalue weighted by molar-refractivity contribution is 0.0628. The Hall–Kier alpha value is -1.14. The van der Waals surface area contributed by atoms with Gasteiger partial charge in [-0.05, 0) is 34.8 Å². The zero-order valence-corrected chi connectivity index (χ0v) is 12.3. The van der Waals surface area contributed by atoms with E-state index in [0.717, 1.165) is 36.7 Å². The average Bonchev–Trinajstić information content (AvgIpc) is 3.25. The van der Waals surface area contributed by atoms with Crippen molar-refractivity contribution in [2.45, 2.75) is 18.9 Å². The van der Waals surface area contributed by atoms with E-state index in [4.69, 9.17) is 5.73 Å². The molecule has 2 N–H and O–H groups in total. The maximum absolute atomic E-state index is 12.4. The van der Waals surface area contributed by atoms with Crippen molar-refractivity contribution in [3.8, 4) is 0 Å². The molecule has 1 aromatic heterocycles. The van der Waals surface area contributed by atoms with E-state index >= 15 is 0 Å². The highest BCUT2D eigenvalue weighted by atomic mass is 79.9. The van der Waals surface area contributed by atoms with Crippen LogP contribution in [-0.4, -0.2) is 52.9 Å². The first-order valence-corrected chi connectivity index (χ1v) is 7.39. The molecule has 1 aromatic rings. The number of hydrogen-bond acceptors (Lipinski definition) is 4. The normalized spacial score (nSPS) is 20.6. The summed E-state index contributed by atoms with van der Waals surface area (Å²) in [5.41, 5.74) is 6.29. The number of aromatic nitrogens is 1. The number of piperazine rings is 1. The van der Waals surface area contributed by atoms with Gasteiger partial charge in [-0.1, -0.05) is 0 Å². The SMILES string of the molecule is Nc1ncc(Br)cc1C(=O)N1CCN(C2CC2)CC1. The molecular weight excluding hydrogens is 308 g/mol. The summed E-state index contributed by atoms with van der Waals surface area (Å²) in [6, 6.07) is 2.52. The Morgan fingerprint density at radius 2 is 2.00 bits per heavy atom. The van der Waals surface area contributed by atoms with Gasteiger partial charge in [0.15, 0.2) is 0 Å². The topological polar surface area (TPSA) is 62.5 Å². The molecular formula is C13H17BrN4O. The molecule has 1 saturated heterocycles. The third-order valence-corrected chi connectivity index (χ3v) is 4.21. The number of hydrogen-bond donors (Lipinski definition) is 1. The molecule has 0 spiro atoms. The van der Waals surface area contributed by atoms with Crippen molar-refractivity contribution in [2.24, 2.45) is 0 Å². The van der Waals surface area contributed by atoms with Crippen molar-refractivity contribution in [2.75, 3.05) is 31.9 Å². The van der Waals surface area contributed by atoms with Crippen LogP contribution >= 0.6 is 15.9 Å². The monoisotopic (exact) mass is 324 g/mol. The number of nitrogens with zero attached hydrogens (tertiary/aromatic N) is 3. The Bertz CT molecular complexity index is 495. The van der Waals surface area contributed by atoms with Gasteiger partial charge in [-0.25, -0.2) is 4.98 Å². The molecule has 1 aliphatic carbocycles. The van der Waals surface area contributed by atoms with Crippen molar-refractivity contribution in [3.63, 3.8) is 0 Å². The molecule has 0 aromatic carbocycles. The van der Waals surface area contributed by atoms with E-state index in [1.54, 1.807) is 12.3 Å². The number of anilines is 1. The maximum Gasteiger partial charge on any atom is 0.257 e. The van der Waals surface area contributed by atoms with Crippen LogP contribution < -0.4 is 5.73 Å². The Kier molecular flexibility index (Phi) is 3.45. The standard InChI is InChI=1S/C13H17BrN4O/c14-9-7-11(12(15)16-8-9)13(19)18-5-3-17(4-6-18)10-1-2-10/h7-8,10H,1-6H2,(H2,15,16). The van der Waals surface area contributed by atoms with E-state index < -0.39 is 0 Å². The zero-order chi connectivity index (χ0) is 13.4. The van der Waals surface area contributed by atoms with Gasteiger partial charge >= 0.3 is 0 Å². The largest absolute Gasteiger partial charge is 0.383 e. The summed E-state index contributed by atoms with van der Waals surface area (Å²) in [6.07, 6.45) is 4.24. The van der Waals surface area contributed by atoms with Gasteiger partial charge in [0.2, 0.25) is 0 Å². The molecule has 102 valence electrons. The van der Waals surface area contributed by atoms with Crippen molar-refractivity contribution in [3.05, 3.63) is 22.3 Å². The fourth-order valence-corrected chi connectivity index (χ4v) is 2.85. The molecule has 2 heterocycles. The van der Waals surface area contributed by atoms with Crippen molar-refractivity contribution in [1.82, 2.24) is 14.8 Å². The molecule has 1 aliphatic heterocycles. The van der Waals surface area contributed by atoms with Crippen LogP contribution in [0, 0.1) is 0 Å². The summed E-state index contributed by atoms with van der Waals surface area (Å²) in [7, 11) is 0. The maximum atomic E-state index is 12.4. The van der Waals surface area contributed by atoms with Gasteiger partial charge in [-0.15, -0.1) is 0 Å². The van der Waals surface area contributed by atoms with E-state index in [0.29, 0.717) is 11.4 Å². The Morgan fingerprint density at radius 1 is 1.32 bits per heavy atom. The zero-order valence-electron chi connectivity index (χ0n) is 10.7. The number of rotatable bonds is 2. The van der Waals surface area contributed by atoms with Crippen LogP contribution in [0.4, 0.5) is 5.82 Å². The van der Waals surface area contributed by atoms with Crippen molar-refractivity contribution < 1.29 is 4.79 Å². The Balaban J connectivity index is 1.68. The molecule has 1 amide bonds. The highest BCUT2D eigenvalue weighted by Gasteiger charge is 2.32. The molecule has 3 rings (SSSR count). The molecule has 0 atom stereocenters. The fraction of sp³-hybridized carbons (Fsp3) is 0.538. The number of halogens is 1. The summed E-state index contributed by atoms with van der Waals surface area (Å²) in [5.74, 6) is 0.291. The van der Waals surface area contributed by atoms with Crippen LogP contribution in [0.15, 0.2) is 16.7 Å². The van der Waals surface area contributed by atoms with E-state index in [9.17, 15) is 4.79 Å². The van der Waals surface area contributed by atoms with E-state index in [2.05, 4.69) is 25.8 Å². The summed E-state index contributed by atoms with van der Waals surface area (Å²) >= 11 is 3.33. The lowest BCUT2D eigenvalue weighted by Gasteiger charge is -2.34. The summed E-state index contributed by atoms with van der Waals surface area (Å²) in [6.45, 7) is 3.50. The Labute approximate surface area is 120 Å². The molecule has 2 aliphatic rings. The van der Waals surface area contributed by atoms with Crippen LogP contribution in [0.2, 0.25) is 0 Å².